The zero-order valence-electron chi connectivity index (χ0n) is 45.3. The zero-order valence-corrected chi connectivity index (χ0v) is 45.3. The molecule has 76 heavy (non-hydrogen) atoms. The number of carboxylic acid groups (broad SMARTS) is 2. The summed E-state index contributed by atoms with van der Waals surface area (Å²) in [7, 11) is 0. The van der Waals surface area contributed by atoms with E-state index in [1.165, 1.54) is 12.8 Å². The lowest BCUT2D eigenvalue weighted by molar-refractivity contribution is -0.137. The number of amides is 2. The number of rotatable bonds is 30. The molecule has 0 radical (unpaired) electrons. The summed E-state index contributed by atoms with van der Waals surface area (Å²) in [6.07, 6.45) is 17.5. The van der Waals surface area contributed by atoms with Gasteiger partial charge in [0.25, 0.3) is 11.8 Å². The molecule has 2 aliphatic rings. The van der Waals surface area contributed by atoms with Crippen molar-refractivity contribution in [3.05, 3.63) is 130 Å². The van der Waals surface area contributed by atoms with Crippen LogP contribution < -0.4 is 28.7 Å². The van der Waals surface area contributed by atoms with Crippen LogP contribution in [0.3, 0.4) is 0 Å². The van der Waals surface area contributed by atoms with E-state index in [9.17, 15) is 19.2 Å². The number of fused-ring (bicyclic) bond motifs is 4. The number of unbranched alkanes of at least 4 members (excludes halogenated alkanes) is 12. The number of ether oxygens (including phenoxy) is 4. The molecule has 0 spiro atoms. The van der Waals surface area contributed by atoms with Gasteiger partial charge in [0, 0.05) is 44.0 Å². The molecule has 12 heteroatoms. The molecular weight excluding hydrogens is 957 g/mol. The van der Waals surface area contributed by atoms with E-state index < -0.39 is 11.9 Å². The monoisotopic (exact) mass is 1030 g/mol. The quantitative estimate of drug-likeness (QED) is 0.0417. The molecule has 0 saturated carbocycles. The fraction of sp³-hybridized carbons (Fsp3) is 0.438. The van der Waals surface area contributed by atoms with E-state index in [0.29, 0.717) is 73.3 Å². The highest BCUT2D eigenvalue weighted by Gasteiger charge is 2.38. The van der Waals surface area contributed by atoms with Gasteiger partial charge >= 0.3 is 11.9 Å². The minimum Gasteiger partial charge on any atom is -0.493 e. The molecule has 2 N–H and O–H groups in total. The average molecular weight is 1040 g/mol. The molecule has 0 saturated heterocycles. The molecule has 404 valence electrons. The Hall–Kier alpha value is -7.08. The summed E-state index contributed by atoms with van der Waals surface area (Å²) in [5.74, 6) is 0.826. The molecule has 8 rings (SSSR count). The van der Waals surface area contributed by atoms with Crippen molar-refractivity contribution in [2.45, 2.75) is 156 Å². The van der Waals surface area contributed by atoms with Crippen LogP contribution in [0.5, 0.6) is 23.0 Å². The Morgan fingerprint density at radius 3 is 0.987 bits per heavy atom. The van der Waals surface area contributed by atoms with Gasteiger partial charge in [-0.05, 0) is 61.1 Å². The number of anilines is 2. The number of carbonyl (C=O) groups excluding carboxylic acids is 2. The van der Waals surface area contributed by atoms with Gasteiger partial charge in [0.2, 0.25) is 0 Å². The molecule has 6 aromatic carbocycles. The van der Waals surface area contributed by atoms with Gasteiger partial charge in [0.1, 0.15) is 23.0 Å². The first-order chi connectivity index (χ1) is 37.1. The SMILES string of the molecule is CCCCCCOc1c2c(c(OCCCCCC)c3ccccc13)C(=O)N(c1ccc(CC(=O)O)cc1)C2.CCCCCCOc1c2c(c(OCCCCCC)c3ccccc13)C(=O)N(c1ccc(CC(=O)O)cc1)C2. The van der Waals surface area contributed by atoms with E-state index in [4.69, 9.17) is 29.2 Å². The van der Waals surface area contributed by atoms with Crippen LogP contribution in [0.4, 0.5) is 11.4 Å². The number of carboxylic acids is 2. The summed E-state index contributed by atoms with van der Waals surface area (Å²) in [4.78, 5) is 53.5. The van der Waals surface area contributed by atoms with E-state index in [1.54, 1.807) is 34.1 Å². The number of hydrogen-bond acceptors (Lipinski definition) is 8. The highest BCUT2D eigenvalue weighted by atomic mass is 16.5. The fourth-order valence-electron chi connectivity index (χ4n) is 10.1. The minimum atomic E-state index is -0.879. The van der Waals surface area contributed by atoms with Gasteiger partial charge < -0.3 is 39.0 Å². The summed E-state index contributed by atoms with van der Waals surface area (Å²) < 4.78 is 25.6. The second-order valence-corrected chi connectivity index (χ2v) is 20.0. The largest absolute Gasteiger partial charge is 0.493 e. The Morgan fingerprint density at radius 1 is 0.408 bits per heavy atom. The van der Waals surface area contributed by atoms with Crippen molar-refractivity contribution in [2.24, 2.45) is 0 Å². The van der Waals surface area contributed by atoms with Crippen molar-refractivity contribution >= 4 is 56.7 Å². The molecular formula is C64H78N2O10. The third kappa shape index (κ3) is 14.2. The van der Waals surface area contributed by atoms with Gasteiger partial charge in [-0.15, -0.1) is 0 Å². The number of nitrogens with zero attached hydrogens (tertiary/aromatic N) is 2. The van der Waals surface area contributed by atoms with Crippen molar-refractivity contribution in [3.63, 3.8) is 0 Å². The predicted molar refractivity (Wildman–Crippen MR) is 303 cm³/mol. The van der Waals surface area contributed by atoms with Crippen LogP contribution in [0.15, 0.2) is 97.1 Å². The van der Waals surface area contributed by atoms with Crippen molar-refractivity contribution in [3.8, 4) is 23.0 Å². The van der Waals surface area contributed by atoms with E-state index >= 15 is 0 Å². The van der Waals surface area contributed by atoms with E-state index in [1.807, 2.05) is 60.7 Å². The summed E-state index contributed by atoms with van der Waals surface area (Å²) in [5.41, 5.74) is 5.74. The maximum Gasteiger partial charge on any atom is 0.307 e. The number of hydrogen-bond donors (Lipinski definition) is 2. The molecule has 2 heterocycles. The summed E-state index contributed by atoms with van der Waals surface area (Å²) in [6, 6.07) is 30.4. The standard InChI is InChI=1S/2C32H39NO5/c2*1-3-5-7-11-19-37-30-25-13-9-10-14-26(25)31(38-20-12-8-6-4-2)29-27(30)22-33(32(29)36)24-17-15-23(16-18-24)21-28(34)35/h2*9-10,13-18H,3-8,11-12,19-22H2,1-2H3,(H,34,35). The Labute approximate surface area is 449 Å². The summed E-state index contributed by atoms with van der Waals surface area (Å²) >= 11 is 0. The van der Waals surface area contributed by atoms with Crippen LogP contribution in [-0.4, -0.2) is 60.4 Å². The molecule has 2 aliphatic heterocycles. The van der Waals surface area contributed by atoms with Gasteiger partial charge in [-0.3, -0.25) is 19.2 Å². The summed E-state index contributed by atoms with van der Waals surface area (Å²) in [6.45, 7) is 11.8. The van der Waals surface area contributed by atoms with Gasteiger partial charge in [-0.2, -0.15) is 0 Å². The van der Waals surface area contributed by atoms with Crippen molar-refractivity contribution in [1.29, 1.82) is 0 Å². The van der Waals surface area contributed by atoms with Gasteiger partial charge in [0.05, 0.1) is 63.5 Å². The lowest BCUT2D eigenvalue weighted by Gasteiger charge is -2.18. The van der Waals surface area contributed by atoms with Gasteiger partial charge in [0.15, 0.2) is 0 Å². The molecule has 6 aromatic rings. The number of aliphatic carboxylic acids is 2. The Bertz CT molecular complexity index is 2700. The maximum atomic E-state index is 13.9. The van der Waals surface area contributed by atoms with E-state index in [0.717, 1.165) is 145 Å². The second-order valence-electron chi connectivity index (χ2n) is 20.0. The topological polar surface area (TPSA) is 152 Å². The van der Waals surface area contributed by atoms with Crippen molar-refractivity contribution in [2.75, 3.05) is 36.2 Å². The normalized spacial score (nSPS) is 12.7. The van der Waals surface area contributed by atoms with Crippen LogP contribution in [0.2, 0.25) is 0 Å². The molecule has 0 fully saturated rings. The van der Waals surface area contributed by atoms with Crippen LogP contribution in [0, 0.1) is 0 Å². The predicted octanol–water partition coefficient (Wildman–Crippen LogP) is 15.1. The Morgan fingerprint density at radius 2 is 0.697 bits per heavy atom. The third-order valence-corrected chi connectivity index (χ3v) is 14.2. The van der Waals surface area contributed by atoms with Crippen LogP contribution in [-0.2, 0) is 35.5 Å². The van der Waals surface area contributed by atoms with Crippen LogP contribution >= 0.6 is 0 Å². The third-order valence-electron chi connectivity index (χ3n) is 14.2. The molecule has 0 aromatic heterocycles. The van der Waals surface area contributed by atoms with Gasteiger partial charge in [-0.1, -0.05) is 178 Å². The van der Waals surface area contributed by atoms with Crippen LogP contribution in [0.1, 0.15) is 173 Å². The first-order valence-corrected chi connectivity index (χ1v) is 28.0. The minimum absolute atomic E-state index is 0.0497. The first-order valence-electron chi connectivity index (χ1n) is 28.0. The van der Waals surface area contributed by atoms with Gasteiger partial charge in [-0.25, -0.2) is 0 Å². The van der Waals surface area contributed by atoms with E-state index in [2.05, 4.69) is 39.8 Å². The molecule has 0 aliphatic carbocycles. The first kappa shape index (κ1) is 56.6. The number of benzene rings is 6. The van der Waals surface area contributed by atoms with Crippen molar-refractivity contribution < 1.29 is 48.3 Å². The zero-order chi connectivity index (χ0) is 53.8. The molecule has 0 atom stereocenters. The molecule has 12 nitrogen and oxygen atoms in total. The molecule has 0 bridgehead atoms. The van der Waals surface area contributed by atoms with Crippen LogP contribution in [0.25, 0.3) is 21.5 Å². The number of carbonyl (C=O) groups is 4. The Kier molecular flexibility index (Phi) is 21.4. The fourth-order valence-corrected chi connectivity index (χ4v) is 10.1. The smallest absolute Gasteiger partial charge is 0.307 e. The molecule has 0 unspecified atom stereocenters. The van der Waals surface area contributed by atoms with Crippen molar-refractivity contribution in [1.82, 2.24) is 0 Å². The second kappa shape index (κ2) is 28.7. The molecule has 2 amide bonds. The van der Waals surface area contributed by atoms with E-state index in [-0.39, 0.29) is 24.7 Å². The highest BCUT2D eigenvalue weighted by molar-refractivity contribution is 6.18. The highest BCUT2D eigenvalue weighted by Crippen LogP contribution is 2.48. The Balaban J connectivity index is 0.000000221. The lowest BCUT2D eigenvalue weighted by atomic mass is 9.99. The summed E-state index contributed by atoms with van der Waals surface area (Å²) in [5, 5.41) is 22.0. The lowest BCUT2D eigenvalue weighted by Crippen LogP contribution is -2.23. The average Bonchev–Trinajstić information content (AvgIpc) is 3.96. The maximum absolute atomic E-state index is 13.9.